The fraction of sp³-hybridized carbons (Fsp3) is 0.625. The summed E-state index contributed by atoms with van der Waals surface area (Å²) in [6, 6.07) is 5.11. The van der Waals surface area contributed by atoms with Crippen LogP contribution in [-0.2, 0) is 24.4 Å². The number of sulfonamides is 1. The molecule has 2 saturated carbocycles. The zero-order valence-electron chi connectivity index (χ0n) is 32.6. The van der Waals surface area contributed by atoms with Gasteiger partial charge in [0.1, 0.15) is 29.5 Å². The number of ether oxygens (including phenoxy) is 2. The predicted molar refractivity (Wildman–Crippen MR) is 206 cm³/mol. The van der Waals surface area contributed by atoms with E-state index in [9.17, 15) is 27.9 Å². The summed E-state index contributed by atoms with van der Waals surface area (Å²) < 4.78 is 40.3. The van der Waals surface area contributed by atoms with E-state index >= 15 is 4.79 Å². The highest BCUT2D eigenvalue weighted by atomic mass is 32.2. The van der Waals surface area contributed by atoms with E-state index in [0.717, 1.165) is 18.2 Å². The lowest BCUT2D eigenvalue weighted by molar-refractivity contribution is -0.146. The fourth-order valence-corrected chi connectivity index (χ4v) is 9.52. The normalized spacial score (nSPS) is 29.5. The van der Waals surface area contributed by atoms with E-state index in [2.05, 4.69) is 21.9 Å². The highest BCUT2D eigenvalue weighted by Gasteiger charge is 2.62. The third kappa shape index (κ3) is 8.71. The first-order chi connectivity index (χ1) is 25.9. The van der Waals surface area contributed by atoms with Gasteiger partial charge >= 0.3 is 6.09 Å². The molecule has 1 aromatic carbocycles. The van der Waals surface area contributed by atoms with Crippen LogP contribution in [0.15, 0.2) is 42.6 Å². The van der Waals surface area contributed by atoms with Crippen LogP contribution in [0.1, 0.15) is 92.9 Å². The number of fused-ring (bicyclic) bond motifs is 3. The monoisotopic (exact) mass is 781 g/mol. The molecule has 14 nitrogen and oxygen atoms in total. The van der Waals surface area contributed by atoms with Gasteiger partial charge in [0.15, 0.2) is 0 Å². The molecule has 0 bridgehead atoms. The van der Waals surface area contributed by atoms with Crippen molar-refractivity contribution in [2.75, 3.05) is 13.2 Å². The van der Waals surface area contributed by atoms with Crippen molar-refractivity contribution in [2.45, 2.75) is 127 Å². The topological polar surface area (TPSA) is 185 Å². The molecule has 15 heteroatoms. The molecule has 0 radical (unpaired) electrons. The van der Waals surface area contributed by atoms with Gasteiger partial charge in [0.05, 0.1) is 18.4 Å². The van der Waals surface area contributed by atoms with Crippen LogP contribution in [-0.4, -0.2) is 99.8 Å². The molecule has 4 aliphatic rings. The maximum Gasteiger partial charge on any atom is 0.408 e. The molecule has 1 saturated heterocycles. The van der Waals surface area contributed by atoms with E-state index in [1.54, 1.807) is 27.0 Å². The van der Waals surface area contributed by atoms with Gasteiger partial charge in [-0.25, -0.2) is 18.2 Å². The minimum absolute atomic E-state index is 0.0198. The SMILES string of the molecule is CCCOc1ccc2c(O[C@@H]3C[C@H]4C(=O)N[C@]5(C(=O)NS(=O)(=O)C6CC6)C[C@H]5/C=C\CC[C@@H](C)C[C@@H](C)[C@H](N(C(=O)O)C(C)(C)C)C(=O)N4C3)nccc2c1. The number of carbonyl (C=O) groups is 4. The lowest BCUT2D eigenvalue weighted by atomic mass is 9.85. The number of carbonyl (C=O) groups excluding carboxylic acids is 3. The maximum absolute atomic E-state index is 15.0. The average molecular weight is 782 g/mol. The largest absolute Gasteiger partial charge is 0.494 e. The van der Waals surface area contributed by atoms with Crippen LogP contribution in [0.25, 0.3) is 10.8 Å². The van der Waals surface area contributed by atoms with Crippen LogP contribution in [0.5, 0.6) is 11.6 Å². The van der Waals surface area contributed by atoms with Gasteiger partial charge in [-0.15, -0.1) is 0 Å². The summed E-state index contributed by atoms with van der Waals surface area (Å²) in [5.41, 5.74) is -2.50. The maximum atomic E-state index is 15.0. The first-order valence-corrected chi connectivity index (χ1v) is 21.1. The Kier molecular flexibility index (Phi) is 11.4. The molecule has 300 valence electrons. The molecular weight excluding hydrogens is 727 g/mol. The smallest absolute Gasteiger partial charge is 0.408 e. The summed E-state index contributed by atoms with van der Waals surface area (Å²) in [4.78, 5) is 63.4. The van der Waals surface area contributed by atoms with Crippen LogP contribution in [0.3, 0.4) is 0 Å². The molecule has 6 rings (SSSR count). The Labute approximate surface area is 323 Å². The third-order valence-electron chi connectivity index (χ3n) is 11.2. The van der Waals surface area contributed by atoms with Crippen molar-refractivity contribution in [3.05, 3.63) is 42.6 Å². The molecule has 2 aliphatic heterocycles. The molecule has 1 aromatic heterocycles. The number of allylic oxidation sites excluding steroid dienone is 1. The van der Waals surface area contributed by atoms with Gasteiger partial charge in [0.25, 0.3) is 5.91 Å². The second kappa shape index (κ2) is 15.6. The summed E-state index contributed by atoms with van der Waals surface area (Å²) in [6.45, 7) is 11.7. The van der Waals surface area contributed by atoms with Crippen LogP contribution >= 0.6 is 0 Å². The van der Waals surface area contributed by atoms with Crippen molar-refractivity contribution < 1.29 is 42.2 Å². The van der Waals surface area contributed by atoms with Gasteiger partial charge in [-0.3, -0.25) is 24.0 Å². The third-order valence-corrected chi connectivity index (χ3v) is 13.0. The van der Waals surface area contributed by atoms with Gasteiger partial charge < -0.3 is 24.8 Å². The predicted octanol–water partition coefficient (Wildman–Crippen LogP) is 5.01. The Bertz CT molecular complexity index is 1940. The number of rotatable bonds is 9. The number of nitrogens with one attached hydrogen (secondary N) is 2. The molecule has 2 aromatic rings. The molecule has 7 atom stereocenters. The average Bonchev–Trinajstić information content (AvgIpc) is 4.03. The summed E-state index contributed by atoms with van der Waals surface area (Å²) >= 11 is 0. The Morgan fingerprint density at radius 2 is 1.87 bits per heavy atom. The van der Waals surface area contributed by atoms with Crippen LogP contribution in [0.4, 0.5) is 4.79 Å². The van der Waals surface area contributed by atoms with E-state index in [-0.39, 0.29) is 25.3 Å². The molecule has 4 amide bonds. The zero-order chi connectivity index (χ0) is 39.9. The molecule has 3 N–H and O–H groups in total. The molecule has 0 spiro atoms. The summed E-state index contributed by atoms with van der Waals surface area (Å²) in [5.74, 6) is -1.75. The van der Waals surface area contributed by atoms with Crippen molar-refractivity contribution in [1.29, 1.82) is 0 Å². The number of hydrogen-bond acceptors (Lipinski definition) is 9. The molecular formula is C40H55N5O9S. The number of benzene rings is 1. The minimum atomic E-state index is -3.91. The van der Waals surface area contributed by atoms with Crippen molar-refractivity contribution in [1.82, 2.24) is 24.8 Å². The standard InChI is InChI=1S/C40H55N5O9S/c1-7-18-53-28-12-15-31-26(20-28)16-17-41-35(31)54-29-21-32-34(46)42-40(37(48)43-55(51,52)30-13-14-30)22-27(40)11-9-8-10-24(2)19-25(3)33(36(47)44(32)23-29)45(38(49)50)39(4,5)6/h9,11-12,15-17,20,24-25,27,29-30,32-33H,7-8,10,13-14,18-19,21-23H2,1-6H3,(H,42,46)(H,43,48)(H,49,50)/b11-9-/t24-,25-,27-,29-,32+,33+,40-/m1/s1. The van der Waals surface area contributed by atoms with Gasteiger partial charge in [-0.2, -0.15) is 0 Å². The van der Waals surface area contributed by atoms with E-state index in [0.29, 0.717) is 49.3 Å². The van der Waals surface area contributed by atoms with Crippen LogP contribution in [0, 0.1) is 17.8 Å². The second-order valence-electron chi connectivity index (χ2n) is 16.9. The highest BCUT2D eigenvalue weighted by molar-refractivity contribution is 7.91. The van der Waals surface area contributed by atoms with Crippen molar-refractivity contribution in [3.63, 3.8) is 0 Å². The van der Waals surface area contributed by atoms with Gasteiger partial charge in [-0.05, 0) is 107 Å². The van der Waals surface area contributed by atoms with Gasteiger partial charge in [0, 0.05) is 29.5 Å². The van der Waals surface area contributed by atoms with Crippen molar-refractivity contribution >= 4 is 44.6 Å². The zero-order valence-corrected chi connectivity index (χ0v) is 33.4. The van der Waals surface area contributed by atoms with Crippen molar-refractivity contribution in [3.8, 4) is 11.6 Å². The Morgan fingerprint density at radius 1 is 1.13 bits per heavy atom. The Hall–Kier alpha value is -4.40. The van der Waals surface area contributed by atoms with Crippen LogP contribution in [0.2, 0.25) is 0 Å². The molecule has 3 fully saturated rings. The first-order valence-electron chi connectivity index (χ1n) is 19.5. The summed E-state index contributed by atoms with van der Waals surface area (Å²) in [6.07, 6.45) is 7.38. The number of aromatic nitrogens is 1. The highest BCUT2D eigenvalue weighted by Crippen LogP contribution is 2.46. The van der Waals surface area contributed by atoms with Crippen LogP contribution < -0.4 is 19.5 Å². The Morgan fingerprint density at radius 3 is 2.55 bits per heavy atom. The number of pyridine rings is 1. The van der Waals surface area contributed by atoms with Gasteiger partial charge in [-0.1, -0.05) is 32.9 Å². The van der Waals surface area contributed by atoms with E-state index < -0.39 is 80.2 Å². The minimum Gasteiger partial charge on any atom is -0.494 e. The number of hydrogen-bond donors (Lipinski definition) is 3. The lowest BCUT2D eigenvalue weighted by Crippen LogP contribution is -2.62. The fourth-order valence-electron chi connectivity index (χ4n) is 8.16. The molecule has 0 unspecified atom stereocenters. The number of amides is 4. The first kappa shape index (κ1) is 40.3. The second-order valence-corrected chi connectivity index (χ2v) is 18.8. The quantitative estimate of drug-likeness (QED) is 0.292. The Balaban J connectivity index is 1.37. The van der Waals surface area contributed by atoms with E-state index in [4.69, 9.17) is 9.47 Å². The van der Waals surface area contributed by atoms with E-state index in [1.807, 2.05) is 50.3 Å². The number of nitrogens with zero attached hydrogens (tertiary/aromatic N) is 3. The number of carboxylic acid groups (broad SMARTS) is 1. The molecule has 3 heterocycles. The molecule has 55 heavy (non-hydrogen) atoms. The van der Waals surface area contributed by atoms with Gasteiger partial charge in [0.2, 0.25) is 27.7 Å². The molecule has 2 aliphatic carbocycles. The lowest BCUT2D eigenvalue weighted by Gasteiger charge is -2.43. The van der Waals surface area contributed by atoms with Crippen molar-refractivity contribution in [2.24, 2.45) is 17.8 Å². The summed E-state index contributed by atoms with van der Waals surface area (Å²) in [5, 5.41) is 14.4. The summed E-state index contributed by atoms with van der Waals surface area (Å²) in [7, 11) is -3.91. The van der Waals surface area contributed by atoms with E-state index in [1.165, 1.54) is 9.80 Å².